The van der Waals surface area contributed by atoms with Crippen molar-refractivity contribution >= 4 is 5.91 Å². The topological polar surface area (TPSA) is 20.3 Å². The predicted molar refractivity (Wildman–Crippen MR) is 80.2 cm³/mol. The van der Waals surface area contributed by atoms with Gasteiger partial charge in [0.2, 0.25) is 5.91 Å². The monoisotopic (exact) mass is 339 g/mol. The van der Waals surface area contributed by atoms with Crippen LogP contribution < -0.4 is 0 Å². The van der Waals surface area contributed by atoms with Gasteiger partial charge in [-0.3, -0.25) is 4.79 Å². The highest BCUT2D eigenvalue weighted by atomic mass is 19.4. The number of likely N-dealkylation sites (tertiary alicyclic amines) is 1. The average Bonchev–Trinajstić information content (AvgIpc) is 3.33. The molecule has 0 spiro atoms. The van der Waals surface area contributed by atoms with Crippen molar-refractivity contribution in [3.05, 3.63) is 35.1 Å². The third-order valence-electron chi connectivity index (χ3n) is 4.33. The van der Waals surface area contributed by atoms with E-state index in [1.165, 1.54) is 18.2 Å². The maximum absolute atomic E-state index is 14.0. The second-order valence-corrected chi connectivity index (χ2v) is 6.32. The van der Waals surface area contributed by atoms with Gasteiger partial charge in [-0.2, -0.15) is 13.2 Å². The molecule has 24 heavy (non-hydrogen) atoms. The van der Waals surface area contributed by atoms with Crippen LogP contribution in [-0.4, -0.2) is 23.0 Å². The molecule has 1 saturated heterocycles. The van der Waals surface area contributed by atoms with Gasteiger partial charge in [0.05, 0.1) is 0 Å². The Morgan fingerprint density at radius 1 is 1.21 bits per heavy atom. The Morgan fingerprint density at radius 3 is 2.62 bits per heavy atom. The standard InChI is InChI=1S/C18H17F4NO/c19-15-9-8-13(7-6-12-4-5-12)10-14(15)11-23-16(18(20,21)22)2-1-3-17(23)24/h8-10,12,16H,1-5,11H2/t16-/m0/s1. The Hall–Kier alpha value is -2.03. The molecule has 1 heterocycles. The van der Waals surface area contributed by atoms with E-state index in [4.69, 9.17) is 0 Å². The van der Waals surface area contributed by atoms with Crippen LogP contribution in [0.2, 0.25) is 0 Å². The lowest BCUT2D eigenvalue weighted by atomic mass is 9.99. The third kappa shape index (κ3) is 3.89. The molecule has 1 saturated carbocycles. The number of piperidine rings is 1. The van der Waals surface area contributed by atoms with Gasteiger partial charge in [0.1, 0.15) is 11.9 Å². The number of benzene rings is 1. The van der Waals surface area contributed by atoms with Gasteiger partial charge in [0.25, 0.3) is 0 Å². The van der Waals surface area contributed by atoms with E-state index in [-0.39, 0.29) is 31.4 Å². The summed E-state index contributed by atoms with van der Waals surface area (Å²) in [5.41, 5.74) is 0.633. The lowest BCUT2D eigenvalue weighted by molar-refractivity contribution is -0.198. The predicted octanol–water partition coefficient (Wildman–Crippen LogP) is 4.03. The summed E-state index contributed by atoms with van der Waals surface area (Å²) >= 11 is 0. The molecular formula is C18H17F4NO. The van der Waals surface area contributed by atoms with Crippen LogP contribution in [0.3, 0.4) is 0 Å². The summed E-state index contributed by atoms with van der Waals surface area (Å²) in [6.07, 6.45) is -2.27. The number of hydrogen-bond donors (Lipinski definition) is 0. The van der Waals surface area contributed by atoms with Crippen LogP contribution in [0, 0.1) is 23.6 Å². The van der Waals surface area contributed by atoms with Crippen LogP contribution in [0.1, 0.15) is 43.2 Å². The molecule has 1 aromatic carbocycles. The molecule has 1 aliphatic carbocycles. The van der Waals surface area contributed by atoms with Crippen LogP contribution in [0.15, 0.2) is 18.2 Å². The maximum Gasteiger partial charge on any atom is 0.408 e. The molecule has 0 bridgehead atoms. The molecule has 128 valence electrons. The summed E-state index contributed by atoms with van der Waals surface area (Å²) in [6, 6.07) is 2.30. The molecule has 1 amide bonds. The summed E-state index contributed by atoms with van der Waals surface area (Å²) in [5, 5.41) is 0. The second kappa shape index (κ2) is 6.46. The molecule has 1 aliphatic heterocycles. The van der Waals surface area contributed by atoms with Crippen molar-refractivity contribution in [2.75, 3.05) is 0 Å². The van der Waals surface area contributed by atoms with Crippen LogP contribution in [0.5, 0.6) is 0 Å². The first-order chi connectivity index (χ1) is 11.3. The number of amides is 1. The van der Waals surface area contributed by atoms with E-state index in [9.17, 15) is 22.4 Å². The average molecular weight is 339 g/mol. The first-order valence-electron chi connectivity index (χ1n) is 8.01. The van der Waals surface area contributed by atoms with Gasteiger partial charge in [-0.05, 0) is 43.9 Å². The molecular weight excluding hydrogens is 322 g/mol. The van der Waals surface area contributed by atoms with Gasteiger partial charge in [0.15, 0.2) is 0 Å². The van der Waals surface area contributed by atoms with Gasteiger partial charge < -0.3 is 4.90 Å². The van der Waals surface area contributed by atoms with E-state index in [0.29, 0.717) is 11.5 Å². The Balaban J connectivity index is 1.83. The van der Waals surface area contributed by atoms with Gasteiger partial charge >= 0.3 is 6.18 Å². The first-order valence-corrected chi connectivity index (χ1v) is 8.01. The van der Waals surface area contributed by atoms with Gasteiger partial charge in [0, 0.05) is 30.0 Å². The van der Waals surface area contributed by atoms with E-state index in [1.54, 1.807) is 0 Å². The molecule has 0 N–H and O–H groups in total. The molecule has 1 atom stereocenters. The molecule has 3 rings (SSSR count). The van der Waals surface area contributed by atoms with Crippen molar-refractivity contribution in [1.82, 2.24) is 4.90 Å². The Bertz CT molecular complexity index is 697. The molecule has 1 aromatic rings. The molecule has 0 unspecified atom stereocenters. The molecule has 0 aromatic heterocycles. The molecule has 2 fully saturated rings. The minimum atomic E-state index is -4.50. The van der Waals surface area contributed by atoms with Crippen LogP contribution in [-0.2, 0) is 11.3 Å². The molecule has 0 radical (unpaired) electrons. The van der Waals surface area contributed by atoms with Crippen molar-refractivity contribution in [3.63, 3.8) is 0 Å². The third-order valence-corrected chi connectivity index (χ3v) is 4.33. The SMILES string of the molecule is O=C1CCC[C@@H](C(F)(F)F)N1Cc1cc(C#CC2CC2)ccc1F. The fraction of sp³-hybridized carbons (Fsp3) is 0.500. The van der Waals surface area contributed by atoms with E-state index in [2.05, 4.69) is 11.8 Å². The van der Waals surface area contributed by atoms with Crippen molar-refractivity contribution in [2.24, 2.45) is 5.92 Å². The summed E-state index contributed by atoms with van der Waals surface area (Å²) in [6.45, 7) is -0.381. The van der Waals surface area contributed by atoms with E-state index < -0.39 is 23.9 Å². The summed E-state index contributed by atoms with van der Waals surface area (Å²) < 4.78 is 53.5. The Morgan fingerprint density at radius 2 is 1.96 bits per heavy atom. The van der Waals surface area contributed by atoms with Crippen LogP contribution in [0.25, 0.3) is 0 Å². The molecule has 6 heteroatoms. The highest BCUT2D eigenvalue weighted by Gasteiger charge is 2.46. The smallest absolute Gasteiger partial charge is 0.326 e. The number of halogens is 4. The van der Waals surface area contributed by atoms with Crippen LogP contribution in [0.4, 0.5) is 17.6 Å². The lowest BCUT2D eigenvalue weighted by Gasteiger charge is -2.36. The number of rotatable bonds is 2. The minimum absolute atomic E-state index is 0.0649. The number of carbonyl (C=O) groups is 1. The van der Waals surface area contributed by atoms with E-state index >= 15 is 0 Å². The Labute approximate surface area is 137 Å². The highest BCUT2D eigenvalue weighted by Crippen LogP contribution is 2.33. The summed E-state index contributed by atoms with van der Waals surface area (Å²) in [7, 11) is 0. The van der Waals surface area contributed by atoms with Gasteiger partial charge in [-0.1, -0.05) is 11.8 Å². The maximum atomic E-state index is 14.0. The molecule has 2 nitrogen and oxygen atoms in total. The number of carbonyl (C=O) groups excluding carboxylic acids is 1. The number of nitrogens with zero attached hydrogens (tertiary/aromatic N) is 1. The zero-order valence-corrected chi connectivity index (χ0v) is 13.0. The normalized spacial score (nSPS) is 21.4. The summed E-state index contributed by atoms with van der Waals surface area (Å²) in [4.78, 5) is 12.7. The van der Waals surface area contributed by atoms with Crippen molar-refractivity contribution < 1.29 is 22.4 Å². The summed E-state index contributed by atoms with van der Waals surface area (Å²) in [5.74, 6) is 5.12. The van der Waals surface area contributed by atoms with E-state index in [0.717, 1.165) is 17.7 Å². The van der Waals surface area contributed by atoms with Crippen molar-refractivity contribution in [1.29, 1.82) is 0 Å². The fourth-order valence-corrected chi connectivity index (χ4v) is 2.83. The highest BCUT2D eigenvalue weighted by molar-refractivity contribution is 5.77. The van der Waals surface area contributed by atoms with Gasteiger partial charge in [-0.25, -0.2) is 4.39 Å². The Kier molecular flexibility index (Phi) is 4.53. The van der Waals surface area contributed by atoms with Crippen molar-refractivity contribution in [3.8, 4) is 11.8 Å². The zero-order valence-electron chi connectivity index (χ0n) is 13.0. The quantitative estimate of drug-likeness (QED) is 0.588. The van der Waals surface area contributed by atoms with Gasteiger partial charge in [-0.15, -0.1) is 0 Å². The first kappa shape index (κ1) is 16.8. The minimum Gasteiger partial charge on any atom is -0.326 e. The molecule has 2 aliphatic rings. The lowest BCUT2D eigenvalue weighted by Crippen LogP contribution is -2.50. The van der Waals surface area contributed by atoms with Crippen LogP contribution >= 0.6 is 0 Å². The van der Waals surface area contributed by atoms with E-state index in [1.807, 2.05) is 0 Å². The largest absolute Gasteiger partial charge is 0.408 e. The zero-order chi connectivity index (χ0) is 17.3. The number of alkyl halides is 3. The number of hydrogen-bond acceptors (Lipinski definition) is 1. The fourth-order valence-electron chi connectivity index (χ4n) is 2.83. The van der Waals surface area contributed by atoms with Crippen molar-refractivity contribution in [2.45, 2.75) is 50.9 Å². The second-order valence-electron chi connectivity index (χ2n) is 6.32.